The number of nitrogens with two attached hydrogens (primary N) is 1. The summed E-state index contributed by atoms with van der Waals surface area (Å²) >= 11 is 0. The van der Waals surface area contributed by atoms with Gasteiger partial charge in [-0.25, -0.2) is 0 Å². The highest BCUT2D eigenvalue weighted by atomic mass is 16.1. The molecule has 0 fully saturated rings. The van der Waals surface area contributed by atoms with Gasteiger partial charge in [-0.05, 0) is 43.6 Å². The van der Waals surface area contributed by atoms with Gasteiger partial charge >= 0.3 is 0 Å². The van der Waals surface area contributed by atoms with Gasteiger partial charge in [0.2, 0.25) is 5.91 Å². The topological polar surface area (TPSA) is 67.1 Å². The number of benzene rings is 1. The molecule has 0 saturated carbocycles. The Hall–Kier alpha value is -1.39. The molecule has 0 aromatic heterocycles. The molecule has 1 aromatic rings. The lowest BCUT2D eigenvalue weighted by atomic mass is 9.99. The van der Waals surface area contributed by atoms with Crippen molar-refractivity contribution in [1.82, 2.24) is 5.32 Å². The zero-order valence-electron chi connectivity index (χ0n) is 10.1. The fourth-order valence-corrected chi connectivity index (χ4v) is 2.15. The first-order chi connectivity index (χ1) is 8.20. The molecule has 4 nitrogen and oxygen atoms in total. The van der Waals surface area contributed by atoms with Gasteiger partial charge in [0.1, 0.15) is 0 Å². The van der Waals surface area contributed by atoms with Crippen molar-refractivity contribution in [3.63, 3.8) is 0 Å². The van der Waals surface area contributed by atoms with E-state index in [1.54, 1.807) is 0 Å². The first-order valence-electron chi connectivity index (χ1n) is 6.03. The third kappa shape index (κ3) is 2.84. The molecule has 1 aliphatic heterocycles. The predicted molar refractivity (Wildman–Crippen MR) is 68.9 cm³/mol. The second-order valence-corrected chi connectivity index (χ2v) is 4.49. The minimum atomic E-state index is 0.0596. The molecular formula is C13H19N3O. The third-order valence-electron chi connectivity index (χ3n) is 3.12. The SMILES string of the molecule is CNCCCC(N)c1ccc2c(c1)CC(=O)N2. The summed E-state index contributed by atoms with van der Waals surface area (Å²) < 4.78 is 0. The summed E-state index contributed by atoms with van der Waals surface area (Å²) in [6, 6.07) is 6.07. The van der Waals surface area contributed by atoms with Crippen LogP contribution in [0.3, 0.4) is 0 Å². The number of fused-ring (bicyclic) bond motifs is 1. The molecule has 92 valence electrons. The molecule has 1 amide bonds. The third-order valence-corrected chi connectivity index (χ3v) is 3.12. The Bertz CT molecular complexity index is 417. The monoisotopic (exact) mass is 233 g/mol. The van der Waals surface area contributed by atoms with E-state index in [2.05, 4.69) is 16.7 Å². The van der Waals surface area contributed by atoms with Gasteiger partial charge in [0.05, 0.1) is 6.42 Å². The van der Waals surface area contributed by atoms with Crippen LogP contribution in [0.15, 0.2) is 18.2 Å². The van der Waals surface area contributed by atoms with Crippen molar-refractivity contribution >= 4 is 11.6 Å². The highest BCUT2D eigenvalue weighted by Gasteiger charge is 2.18. The molecule has 4 N–H and O–H groups in total. The maximum Gasteiger partial charge on any atom is 0.228 e. The second kappa shape index (κ2) is 5.29. The Labute approximate surface area is 102 Å². The van der Waals surface area contributed by atoms with Crippen LogP contribution in [0.4, 0.5) is 5.69 Å². The normalized spacial score (nSPS) is 15.5. The van der Waals surface area contributed by atoms with Crippen molar-refractivity contribution in [1.29, 1.82) is 0 Å². The highest BCUT2D eigenvalue weighted by Crippen LogP contribution is 2.26. The van der Waals surface area contributed by atoms with E-state index < -0.39 is 0 Å². The molecule has 0 saturated heterocycles. The number of anilines is 1. The van der Waals surface area contributed by atoms with Gasteiger partial charge in [0.25, 0.3) is 0 Å². The summed E-state index contributed by atoms with van der Waals surface area (Å²) in [5, 5.41) is 5.94. The number of hydrogen-bond donors (Lipinski definition) is 3. The van der Waals surface area contributed by atoms with Crippen molar-refractivity contribution in [2.45, 2.75) is 25.3 Å². The minimum Gasteiger partial charge on any atom is -0.326 e. The number of carbonyl (C=O) groups is 1. The van der Waals surface area contributed by atoms with Crippen LogP contribution in [0.5, 0.6) is 0 Å². The Morgan fingerprint density at radius 3 is 3.12 bits per heavy atom. The van der Waals surface area contributed by atoms with E-state index in [-0.39, 0.29) is 11.9 Å². The highest BCUT2D eigenvalue weighted by molar-refractivity contribution is 5.99. The quantitative estimate of drug-likeness (QED) is 0.669. The van der Waals surface area contributed by atoms with Crippen LogP contribution in [-0.4, -0.2) is 19.5 Å². The molecule has 0 radical (unpaired) electrons. The van der Waals surface area contributed by atoms with Crippen LogP contribution in [0.1, 0.15) is 30.0 Å². The van der Waals surface area contributed by atoms with Crippen LogP contribution in [0.2, 0.25) is 0 Å². The Morgan fingerprint density at radius 1 is 1.53 bits per heavy atom. The first-order valence-corrected chi connectivity index (χ1v) is 6.03. The average Bonchev–Trinajstić information content (AvgIpc) is 2.68. The molecular weight excluding hydrogens is 214 g/mol. The number of amides is 1. The lowest BCUT2D eigenvalue weighted by Gasteiger charge is -2.13. The van der Waals surface area contributed by atoms with Gasteiger partial charge in [0, 0.05) is 11.7 Å². The lowest BCUT2D eigenvalue weighted by molar-refractivity contribution is -0.115. The van der Waals surface area contributed by atoms with Crippen LogP contribution in [0, 0.1) is 0 Å². The van der Waals surface area contributed by atoms with Crippen LogP contribution in [0.25, 0.3) is 0 Å². The smallest absolute Gasteiger partial charge is 0.228 e. The van der Waals surface area contributed by atoms with Crippen molar-refractivity contribution < 1.29 is 4.79 Å². The molecule has 1 aromatic carbocycles. The van der Waals surface area contributed by atoms with Gasteiger partial charge in [-0.3, -0.25) is 4.79 Å². The van der Waals surface area contributed by atoms with E-state index >= 15 is 0 Å². The van der Waals surface area contributed by atoms with E-state index in [0.717, 1.165) is 36.2 Å². The zero-order valence-corrected chi connectivity index (χ0v) is 10.1. The molecule has 4 heteroatoms. The van der Waals surface area contributed by atoms with Gasteiger partial charge in [-0.1, -0.05) is 12.1 Å². The molecule has 1 atom stereocenters. The summed E-state index contributed by atoms with van der Waals surface area (Å²) in [4.78, 5) is 11.2. The summed E-state index contributed by atoms with van der Waals surface area (Å²) in [6.45, 7) is 0.985. The number of nitrogens with one attached hydrogen (secondary N) is 2. The van der Waals surface area contributed by atoms with Gasteiger partial charge in [-0.2, -0.15) is 0 Å². The number of hydrogen-bond acceptors (Lipinski definition) is 3. The molecule has 1 aliphatic rings. The standard InChI is InChI=1S/C13H19N3O/c1-15-6-2-3-11(14)9-4-5-12-10(7-9)8-13(17)16-12/h4-5,7,11,15H,2-3,6,8,14H2,1H3,(H,16,17). The van der Waals surface area contributed by atoms with Crippen molar-refractivity contribution in [3.05, 3.63) is 29.3 Å². The number of carbonyl (C=O) groups excluding carboxylic acids is 1. The first kappa shape index (κ1) is 12.1. The van der Waals surface area contributed by atoms with Crippen LogP contribution >= 0.6 is 0 Å². The fourth-order valence-electron chi connectivity index (χ4n) is 2.15. The van der Waals surface area contributed by atoms with Crippen molar-refractivity contribution in [2.24, 2.45) is 5.73 Å². The summed E-state index contributed by atoms with van der Waals surface area (Å²) in [7, 11) is 1.94. The Kier molecular flexibility index (Phi) is 3.76. The Balaban J connectivity index is 2.02. The van der Waals surface area contributed by atoms with E-state index in [4.69, 9.17) is 5.73 Å². The minimum absolute atomic E-state index is 0.0596. The molecule has 1 unspecified atom stereocenters. The molecule has 0 aliphatic carbocycles. The largest absolute Gasteiger partial charge is 0.326 e. The van der Waals surface area contributed by atoms with E-state index in [1.165, 1.54) is 0 Å². The molecule has 17 heavy (non-hydrogen) atoms. The number of rotatable bonds is 5. The van der Waals surface area contributed by atoms with Gasteiger partial charge in [-0.15, -0.1) is 0 Å². The van der Waals surface area contributed by atoms with Crippen molar-refractivity contribution in [3.8, 4) is 0 Å². The van der Waals surface area contributed by atoms with E-state index in [9.17, 15) is 4.79 Å². The molecule has 0 bridgehead atoms. The van der Waals surface area contributed by atoms with E-state index in [1.807, 2.05) is 19.2 Å². The Morgan fingerprint density at radius 2 is 2.35 bits per heavy atom. The van der Waals surface area contributed by atoms with Gasteiger partial charge < -0.3 is 16.4 Å². The van der Waals surface area contributed by atoms with E-state index in [0.29, 0.717) is 6.42 Å². The van der Waals surface area contributed by atoms with Gasteiger partial charge in [0.15, 0.2) is 0 Å². The molecule has 0 spiro atoms. The molecule has 2 rings (SSSR count). The lowest BCUT2D eigenvalue weighted by Crippen LogP contribution is -2.14. The predicted octanol–water partition coefficient (Wildman–Crippen LogP) is 1.18. The van der Waals surface area contributed by atoms with Crippen LogP contribution in [-0.2, 0) is 11.2 Å². The van der Waals surface area contributed by atoms with Crippen molar-refractivity contribution in [2.75, 3.05) is 18.9 Å². The maximum atomic E-state index is 11.2. The summed E-state index contributed by atoms with van der Waals surface area (Å²) in [6.07, 6.45) is 2.50. The second-order valence-electron chi connectivity index (χ2n) is 4.49. The summed E-state index contributed by atoms with van der Waals surface area (Å²) in [5.41, 5.74) is 9.25. The van der Waals surface area contributed by atoms with Crippen LogP contribution < -0.4 is 16.4 Å². The summed E-state index contributed by atoms with van der Waals surface area (Å²) in [5.74, 6) is 0.0703. The molecule has 1 heterocycles. The zero-order chi connectivity index (χ0) is 12.3. The average molecular weight is 233 g/mol. The maximum absolute atomic E-state index is 11.2. The fraction of sp³-hybridized carbons (Fsp3) is 0.462.